The van der Waals surface area contributed by atoms with E-state index in [0.717, 1.165) is 0 Å². The predicted octanol–water partition coefficient (Wildman–Crippen LogP) is 4.00. The van der Waals surface area contributed by atoms with Gasteiger partial charge in [-0.15, -0.1) is 0 Å². The molecule has 0 aliphatic heterocycles. The van der Waals surface area contributed by atoms with E-state index in [9.17, 15) is 14.9 Å². The highest BCUT2D eigenvalue weighted by atomic mass is 16.6. The van der Waals surface area contributed by atoms with Crippen molar-refractivity contribution in [1.82, 2.24) is 4.98 Å². The molecule has 2 aromatic carbocycles. The van der Waals surface area contributed by atoms with Gasteiger partial charge in [0.2, 0.25) is 5.76 Å². The van der Waals surface area contributed by atoms with E-state index in [1.54, 1.807) is 0 Å². The van der Waals surface area contributed by atoms with Crippen molar-refractivity contribution in [2.75, 3.05) is 7.11 Å². The van der Waals surface area contributed by atoms with E-state index in [1.165, 1.54) is 25.4 Å². The SMILES string of the molecule is COC(=O)C(Oc1ncccc1[N+](=O)[O-])=C(c1ccccc1)c1ccccc1. The molecule has 140 valence electrons. The van der Waals surface area contributed by atoms with Crippen molar-refractivity contribution >= 4 is 17.2 Å². The minimum atomic E-state index is -0.775. The standard InChI is InChI=1S/C21H16N2O5/c1-27-21(24)19(28-20-17(23(25)26)13-8-14-22-20)18(15-9-4-2-5-10-15)16-11-6-3-7-12-16/h2-14H,1H3. The van der Waals surface area contributed by atoms with E-state index in [0.29, 0.717) is 16.7 Å². The number of rotatable bonds is 6. The molecule has 0 aliphatic rings. The number of nitro groups is 1. The topological polar surface area (TPSA) is 91.6 Å². The van der Waals surface area contributed by atoms with Gasteiger partial charge in [0, 0.05) is 17.8 Å². The van der Waals surface area contributed by atoms with Crippen LogP contribution in [-0.2, 0) is 9.53 Å². The van der Waals surface area contributed by atoms with Gasteiger partial charge in [-0.25, -0.2) is 9.78 Å². The summed E-state index contributed by atoms with van der Waals surface area (Å²) in [6, 6.07) is 20.8. The fraction of sp³-hybridized carbons (Fsp3) is 0.0476. The molecule has 0 aliphatic carbocycles. The zero-order chi connectivity index (χ0) is 19.9. The second-order valence-electron chi connectivity index (χ2n) is 5.61. The highest BCUT2D eigenvalue weighted by molar-refractivity contribution is 6.00. The van der Waals surface area contributed by atoms with Crippen LogP contribution in [0.4, 0.5) is 5.69 Å². The molecule has 0 radical (unpaired) electrons. The molecule has 0 atom stereocenters. The van der Waals surface area contributed by atoms with Crippen LogP contribution in [0.3, 0.4) is 0 Å². The Bertz CT molecular complexity index is 976. The Labute approximate surface area is 161 Å². The van der Waals surface area contributed by atoms with Crippen molar-refractivity contribution in [3.05, 3.63) is 106 Å². The zero-order valence-corrected chi connectivity index (χ0v) is 14.9. The molecule has 28 heavy (non-hydrogen) atoms. The smallest absolute Gasteiger partial charge is 0.374 e. The Morgan fingerprint density at radius 1 is 0.929 bits per heavy atom. The van der Waals surface area contributed by atoms with Crippen LogP contribution in [0.5, 0.6) is 5.88 Å². The summed E-state index contributed by atoms with van der Waals surface area (Å²) in [6.07, 6.45) is 1.35. The summed E-state index contributed by atoms with van der Waals surface area (Å²) in [5.74, 6) is -1.26. The summed E-state index contributed by atoms with van der Waals surface area (Å²) in [4.78, 5) is 27.2. The first kappa shape index (κ1) is 18.8. The fourth-order valence-corrected chi connectivity index (χ4v) is 2.62. The summed E-state index contributed by atoms with van der Waals surface area (Å²) in [5, 5.41) is 11.3. The van der Waals surface area contributed by atoms with E-state index in [1.807, 2.05) is 60.7 Å². The molecule has 0 fully saturated rings. The highest BCUT2D eigenvalue weighted by Crippen LogP contribution is 2.31. The van der Waals surface area contributed by atoms with Gasteiger partial charge in [0.25, 0.3) is 5.88 Å². The average molecular weight is 376 g/mol. The molecule has 3 aromatic rings. The Morgan fingerprint density at radius 2 is 1.50 bits per heavy atom. The molecule has 7 heteroatoms. The second-order valence-corrected chi connectivity index (χ2v) is 5.61. The third kappa shape index (κ3) is 4.04. The van der Waals surface area contributed by atoms with Crippen LogP contribution < -0.4 is 4.74 Å². The second kappa shape index (κ2) is 8.59. The highest BCUT2D eigenvalue weighted by Gasteiger charge is 2.26. The lowest BCUT2D eigenvalue weighted by atomic mass is 9.96. The molecule has 0 spiro atoms. The minimum Gasteiger partial charge on any atom is -0.463 e. The molecular weight excluding hydrogens is 360 g/mol. The molecule has 0 bridgehead atoms. The van der Waals surface area contributed by atoms with Crippen molar-refractivity contribution in [1.29, 1.82) is 0 Å². The van der Waals surface area contributed by atoms with Gasteiger partial charge in [-0.3, -0.25) is 10.1 Å². The Morgan fingerprint density at radius 3 is 2.00 bits per heavy atom. The zero-order valence-electron chi connectivity index (χ0n) is 14.9. The maximum Gasteiger partial charge on any atom is 0.374 e. The van der Waals surface area contributed by atoms with Gasteiger partial charge < -0.3 is 9.47 Å². The Kier molecular flexibility index (Phi) is 5.76. The number of carbonyl (C=O) groups is 1. The number of methoxy groups -OCH3 is 1. The molecular formula is C21H16N2O5. The third-order valence-corrected chi connectivity index (χ3v) is 3.87. The van der Waals surface area contributed by atoms with Crippen LogP contribution in [0.15, 0.2) is 84.8 Å². The number of pyridine rings is 1. The van der Waals surface area contributed by atoms with Gasteiger partial charge in [-0.05, 0) is 17.2 Å². The number of hydrogen-bond donors (Lipinski definition) is 0. The van der Waals surface area contributed by atoms with Gasteiger partial charge in [0.05, 0.1) is 12.0 Å². The number of aromatic nitrogens is 1. The van der Waals surface area contributed by atoms with Crippen molar-refractivity contribution in [3.8, 4) is 5.88 Å². The lowest BCUT2D eigenvalue weighted by Crippen LogP contribution is -2.15. The Balaban J connectivity index is 2.25. The third-order valence-electron chi connectivity index (χ3n) is 3.87. The van der Waals surface area contributed by atoms with E-state index in [4.69, 9.17) is 9.47 Å². The van der Waals surface area contributed by atoms with Gasteiger partial charge in [-0.1, -0.05) is 60.7 Å². The van der Waals surface area contributed by atoms with Gasteiger partial charge in [0.15, 0.2) is 0 Å². The summed E-state index contributed by atoms with van der Waals surface area (Å²) in [6.45, 7) is 0. The van der Waals surface area contributed by atoms with Crippen LogP contribution in [0, 0.1) is 10.1 Å². The van der Waals surface area contributed by atoms with E-state index in [2.05, 4.69) is 4.98 Å². The van der Waals surface area contributed by atoms with E-state index in [-0.39, 0.29) is 17.3 Å². The van der Waals surface area contributed by atoms with Crippen LogP contribution in [0.2, 0.25) is 0 Å². The van der Waals surface area contributed by atoms with E-state index < -0.39 is 10.9 Å². The molecule has 7 nitrogen and oxygen atoms in total. The molecule has 1 heterocycles. The quantitative estimate of drug-likeness (QED) is 0.212. The normalized spacial score (nSPS) is 10.0. The van der Waals surface area contributed by atoms with Gasteiger partial charge in [0.1, 0.15) is 0 Å². The molecule has 1 aromatic heterocycles. The first-order valence-corrected chi connectivity index (χ1v) is 8.32. The van der Waals surface area contributed by atoms with Crippen LogP contribution >= 0.6 is 0 Å². The number of benzene rings is 2. The first-order chi connectivity index (χ1) is 13.6. The molecule has 0 saturated carbocycles. The van der Waals surface area contributed by atoms with Gasteiger partial charge >= 0.3 is 11.7 Å². The molecule has 3 rings (SSSR count). The van der Waals surface area contributed by atoms with Crippen molar-refractivity contribution in [3.63, 3.8) is 0 Å². The summed E-state index contributed by atoms with van der Waals surface area (Å²) < 4.78 is 10.6. The number of esters is 1. The number of nitrogens with zero attached hydrogens (tertiary/aromatic N) is 2. The van der Waals surface area contributed by atoms with E-state index >= 15 is 0 Å². The maximum atomic E-state index is 12.6. The maximum absolute atomic E-state index is 12.6. The fourth-order valence-electron chi connectivity index (χ4n) is 2.62. The molecule has 0 amide bonds. The molecule has 0 N–H and O–H groups in total. The van der Waals surface area contributed by atoms with Crippen LogP contribution in [0.1, 0.15) is 11.1 Å². The Hall–Kier alpha value is -4.00. The predicted molar refractivity (Wildman–Crippen MR) is 102 cm³/mol. The number of hydrogen-bond acceptors (Lipinski definition) is 6. The minimum absolute atomic E-state index is 0.193. The number of ether oxygens (including phenoxy) is 2. The van der Waals surface area contributed by atoms with Crippen LogP contribution in [0.25, 0.3) is 5.57 Å². The summed E-state index contributed by atoms with van der Waals surface area (Å²) in [5.41, 5.74) is 1.46. The first-order valence-electron chi connectivity index (χ1n) is 8.32. The van der Waals surface area contributed by atoms with Crippen molar-refractivity contribution in [2.45, 2.75) is 0 Å². The summed E-state index contributed by atoms with van der Waals surface area (Å²) >= 11 is 0. The molecule has 0 unspecified atom stereocenters. The van der Waals surface area contributed by atoms with Crippen molar-refractivity contribution in [2.24, 2.45) is 0 Å². The molecule has 0 saturated heterocycles. The monoisotopic (exact) mass is 376 g/mol. The average Bonchev–Trinajstić information content (AvgIpc) is 2.74. The summed E-state index contributed by atoms with van der Waals surface area (Å²) in [7, 11) is 1.21. The van der Waals surface area contributed by atoms with Crippen molar-refractivity contribution < 1.29 is 19.2 Å². The van der Waals surface area contributed by atoms with Crippen LogP contribution in [-0.4, -0.2) is 23.0 Å². The number of carbonyl (C=O) groups excluding carboxylic acids is 1. The lowest BCUT2D eigenvalue weighted by molar-refractivity contribution is -0.386. The van der Waals surface area contributed by atoms with Gasteiger partial charge in [-0.2, -0.15) is 0 Å². The lowest BCUT2D eigenvalue weighted by Gasteiger charge is -2.15. The largest absolute Gasteiger partial charge is 0.463 e.